The molecule has 30 heavy (non-hydrogen) atoms. The summed E-state index contributed by atoms with van der Waals surface area (Å²) in [5.41, 5.74) is 0.443. The van der Waals surface area contributed by atoms with Crippen LogP contribution in [-0.4, -0.2) is 75.5 Å². The topological polar surface area (TPSA) is 84.2 Å². The Labute approximate surface area is 182 Å². The summed E-state index contributed by atoms with van der Waals surface area (Å²) in [5, 5.41) is 31.9. The van der Waals surface area contributed by atoms with Gasteiger partial charge in [-0.05, 0) is 29.7 Å². The monoisotopic (exact) mass is 432 g/mol. The number of rotatable bonds is 8. The minimum Gasteiger partial charge on any atom is -0.395 e. The van der Waals surface area contributed by atoms with Gasteiger partial charge in [-0.2, -0.15) is 0 Å². The second-order valence-corrected chi connectivity index (χ2v) is 8.38. The maximum absolute atomic E-state index is 12.8. The molecule has 1 amide bonds. The fourth-order valence-electron chi connectivity index (χ4n) is 3.90. The molecule has 0 spiro atoms. The van der Waals surface area contributed by atoms with E-state index in [1.807, 2.05) is 47.4 Å². The van der Waals surface area contributed by atoms with Gasteiger partial charge in [0, 0.05) is 31.2 Å². The zero-order chi connectivity index (χ0) is 21.6. The Morgan fingerprint density at radius 2 is 1.83 bits per heavy atom. The number of carbonyl (C=O) groups is 1. The Morgan fingerprint density at radius 3 is 2.50 bits per heavy atom. The molecule has 0 bridgehead atoms. The number of likely N-dealkylation sites (tertiary alicyclic amines) is 1. The van der Waals surface area contributed by atoms with E-state index in [9.17, 15) is 20.1 Å². The Hall–Kier alpha value is -1.96. The molecular weight excluding hydrogens is 404 g/mol. The third-order valence-electron chi connectivity index (χ3n) is 5.54. The predicted octanol–water partition coefficient (Wildman–Crippen LogP) is 1.70. The molecule has 2 atom stereocenters. The molecule has 1 aliphatic rings. The lowest BCUT2D eigenvalue weighted by molar-refractivity contribution is -0.156. The van der Waals surface area contributed by atoms with Crippen LogP contribution in [0.1, 0.15) is 17.5 Å². The second-order valence-electron chi connectivity index (χ2n) is 7.95. The summed E-state index contributed by atoms with van der Waals surface area (Å²) >= 11 is 5.90. The highest BCUT2D eigenvalue weighted by Gasteiger charge is 2.43. The Morgan fingerprint density at radius 1 is 1.13 bits per heavy atom. The van der Waals surface area contributed by atoms with Crippen molar-refractivity contribution in [3.05, 3.63) is 70.7 Å². The van der Waals surface area contributed by atoms with Gasteiger partial charge >= 0.3 is 0 Å². The zero-order valence-electron chi connectivity index (χ0n) is 17.0. The van der Waals surface area contributed by atoms with Crippen LogP contribution in [0.5, 0.6) is 0 Å². The summed E-state index contributed by atoms with van der Waals surface area (Å²) in [5.74, 6) is -0.0978. The van der Waals surface area contributed by atoms with E-state index in [0.717, 1.165) is 11.1 Å². The molecule has 3 N–H and O–H groups in total. The molecule has 0 aliphatic carbocycles. The van der Waals surface area contributed by atoms with Gasteiger partial charge in [0.05, 0.1) is 25.7 Å². The molecule has 1 fully saturated rings. The molecule has 0 unspecified atom stereocenters. The lowest BCUT2D eigenvalue weighted by Gasteiger charge is -2.45. The molecule has 0 saturated carbocycles. The van der Waals surface area contributed by atoms with Crippen LogP contribution in [0, 0.1) is 0 Å². The molecule has 2 aromatic rings. The minimum absolute atomic E-state index is 0.0529. The lowest BCUT2D eigenvalue weighted by Crippen LogP contribution is -2.63. The fraction of sp³-hybridized carbons (Fsp3) is 0.435. The number of hydrogen-bond donors (Lipinski definition) is 3. The Bertz CT molecular complexity index is 818. The quantitative estimate of drug-likeness (QED) is 0.591. The molecule has 1 aliphatic heterocycles. The molecule has 6 nitrogen and oxygen atoms in total. The number of carbonyl (C=O) groups excluding carboxylic acids is 1. The van der Waals surface area contributed by atoms with Crippen LogP contribution in [0.25, 0.3) is 0 Å². The summed E-state index contributed by atoms with van der Waals surface area (Å²) in [4.78, 5) is 16.3. The van der Waals surface area contributed by atoms with Crippen molar-refractivity contribution in [3.8, 4) is 0 Å². The number of amides is 1. The lowest BCUT2D eigenvalue weighted by atomic mass is 9.88. The first kappa shape index (κ1) is 22.7. The highest BCUT2D eigenvalue weighted by molar-refractivity contribution is 6.30. The van der Waals surface area contributed by atoms with E-state index >= 15 is 0 Å². The number of piperidine rings is 1. The van der Waals surface area contributed by atoms with Gasteiger partial charge in [0.15, 0.2) is 0 Å². The molecule has 1 saturated heterocycles. The number of aliphatic hydroxyl groups is 3. The minimum atomic E-state index is -1.46. The maximum Gasteiger partial charge on any atom is 0.227 e. The summed E-state index contributed by atoms with van der Waals surface area (Å²) in [6.07, 6.45) is -0.413. The van der Waals surface area contributed by atoms with Crippen LogP contribution in [0.2, 0.25) is 5.02 Å². The first-order chi connectivity index (χ1) is 14.4. The van der Waals surface area contributed by atoms with Crippen LogP contribution in [0.3, 0.4) is 0 Å². The average molecular weight is 433 g/mol. The zero-order valence-corrected chi connectivity index (χ0v) is 17.7. The Kier molecular flexibility index (Phi) is 7.86. The van der Waals surface area contributed by atoms with E-state index in [1.54, 1.807) is 17.0 Å². The van der Waals surface area contributed by atoms with Crippen LogP contribution in [-0.2, 0) is 17.8 Å². The van der Waals surface area contributed by atoms with Crippen molar-refractivity contribution in [2.24, 2.45) is 0 Å². The van der Waals surface area contributed by atoms with Crippen molar-refractivity contribution in [2.45, 2.75) is 31.1 Å². The van der Waals surface area contributed by atoms with Crippen LogP contribution in [0.15, 0.2) is 54.6 Å². The number of nitrogens with zero attached hydrogens (tertiary/aromatic N) is 2. The molecular formula is C23H29ClN2O4. The number of hydrogen-bond acceptors (Lipinski definition) is 5. The number of aliphatic hydroxyl groups excluding tert-OH is 2. The standard InChI is InChI=1S/C23H29ClN2O4/c24-20-8-6-18(7-9-20)14-22(29)26-11-10-21(28)23(30,17-26)16-25(12-13-27)15-19-4-2-1-3-5-19/h1-9,21,27-28,30H,10-17H2/t21-,23+/m0/s1. The second kappa shape index (κ2) is 10.4. The van der Waals surface area contributed by atoms with Crippen LogP contribution >= 0.6 is 11.6 Å². The van der Waals surface area contributed by atoms with Gasteiger partial charge in [-0.1, -0.05) is 54.1 Å². The normalized spacial score (nSPS) is 21.8. The molecule has 3 rings (SSSR count). The maximum atomic E-state index is 12.8. The molecule has 0 radical (unpaired) electrons. The van der Waals surface area contributed by atoms with Gasteiger partial charge in [0.1, 0.15) is 5.60 Å². The van der Waals surface area contributed by atoms with Gasteiger partial charge < -0.3 is 20.2 Å². The average Bonchev–Trinajstić information content (AvgIpc) is 2.73. The first-order valence-corrected chi connectivity index (χ1v) is 10.6. The summed E-state index contributed by atoms with van der Waals surface area (Å²) in [7, 11) is 0. The van der Waals surface area contributed by atoms with Crippen molar-refractivity contribution in [3.63, 3.8) is 0 Å². The van der Waals surface area contributed by atoms with Crippen molar-refractivity contribution >= 4 is 17.5 Å². The molecule has 162 valence electrons. The molecule has 2 aromatic carbocycles. The van der Waals surface area contributed by atoms with E-state index in [-0.39, 0.29) is 32.0 Å². The third-order valence-corrected chi connectivity index (χ3v) is 5.79. The largest absolute Gasteiger partial charge is 0.395 e. The van der Waals surface area contributed by atoms with E-state index in [4.69, 9.17) is 11.6 Å². The summed E-state index contributed by atoms with van der Waals surface area (Å²) < 4.78 is 0. The molecule has 1 heterocycles. The SMILES string of the molecule is O=C(Cc1ccc(Cl)cc1)N1CC[C@H](O)[C@@](O)(CN(CCO)Cc2ccccc2)C1. The van der Waals surface area contributed by atoms with Crippen LogP contribution < -0.4 is 0 Å². The smallest absolute Gasteiger partial charge is 0.227 e. The van der Waals surface area contributed by atoms with Gasteiger partial charge in [-0.25, -0.2) is 0 Å². The first-order valence-electron chi connectivity index (χ1n) is 10.2. The van der Waals surface area contributed by atoms with E-state index in [0.29, 0.717) is 31.1 Å². The molecule has 0 aromatic heterocycles. The van der Waals surface area contributed by atoms with Crippen molar-refractivity contribution in [2.75, 3.05) is 32.8 Å². The Balaban J connectivity index is 1.67. The van der Waals surface area contributed by atoms with E-state index in [2.05, 4.69) is 0 Å². The van der Waals surface area contributed by atoms with Crippen molar-refractivity contribution in [1.29, 1.82) is 0 Å². The van der Waals surface area contributed by atoms with Gasteiger partial charge in [-0.3, -0.25) is 9.69 Å². The number of β-amino-alcohol motifs (C(OH)–C–C–N with tert-alkyl or cyclic N) is 1. The van der Waals surface area contributed by atoms with E-state index in [1.165, 1.54) is 0 Å². The highest BCUT2D eigenvalue weighted by Crippen LogP contribution is 2.25. The van der Waals surface area contributed by atoms with Gasteiger partial charge in [-0.15, -0.1) is 0 Å². The van der Waals surface area contributed by atoms with Crippen molar-refractivity contribution in [1.82, 2.24) is 9.80 Å². The van der Waals surface area contributed by atoms with E-state index < -0.39 is 11.7 Å². The highest BCUT2D eigenvalue weighted by atomic mass is 35.5. The van der Waals surface area contributed by atoms with Gasteiger partial charge in [0.25, 0.3) is 0 Å². The predicted molar refractivity (Wildman–Crippen MR) is 116 cm³/mol. The third kappa shape index (κ3) is 6.03. The summed E-state index contributed by atoms with van der Waals surface area (Å²) in [6.45, 7) is 1.45. The fourth-order valence-corrected chi connectivity index (χ4v) is 4.03. The summed E-state index contributed by atoms with van der Waals surface area (Å²) in [6, 6.07) is 16.9. The van der Waals surface area contributed by atoms with Crippen molar-refractivity contribution < 1.29 is 20.1 Å². The number of halogens is 1. The van der Waals surface area contributed by atoms with Crippen LogP contribution in [0.4, 0.5) is 0 Å². The van der Waals surface area contributed by atoms with Gasteiger partial charge in [0.2, 0.25) is 5.91 Å². The molecule has 7 heteroatoms. The number of benzene rings is 2.